The van der Waals surface area contributed by atoms with Crippen LogP contribution in [0, 0.1) is 5.92 Å². The van der Waals surface area contributed by atoms with E-state index in [-0.39, 0.29) is 0 Å². The van der Waals surface area contributed by atoms with Gasteiger partial charge in [0.2, 0.25) is 0 Å². The number of pyridine rings is 1. The summed E-state index contributed by atoms with van der Waals surface area (Å²) >= 11 is 0. The van der Waals surface area contributed by atoms with Crippen LogP contribution in [0.1, 0.15) is 12.0 Å². The van der Waals surface area contributed by atoms with Crippen molar-refractivity contribution in [1.29, 1.82) is 0 Å². The van der Waals surface area contributed by atoms with Crippen molar-refractivity contribution in [2.75, 3.05) is 25.0 Å². The summed E-state index contributed by atoms with van der Waals surface area (Å²) < 4.78 is 40.4. The summed E-state index contributed by atoms with van der Waals surface area (Å²) in [5, 5.41) is 6.55. The standard InChI is InChI=1S/C17H17F3N6/c18-17(19,20)12-1-2-16-24-8-14(26(16)10-12)13-7-22-9-15(25-13)23-6-11-3-4-21-5-11/h1-2,7-11,21H,3-6H2,(H,23,25). The normalized spacial score (nSPS) is 17.7. The molecule has 3 aromatic rings. The molecule has 3 aromatic heterocycles. The molecule has 4 rings (SSSR count). The lowest BCUT2D eigenvalue weighted by Crippen LogP contribution is -2.17. The molecule has 1 aliphatic rings. The number of aromatic nitrogens is 4. The van der Waals surface area contributed by atoms with Gasteiger partial charge in [-0.1, -0.05) is 0 Å². The topological polar surface area (TPSA) is 67.1 Å². The van der Waals surface area contributed by atoms with E-state index in [1.165, 1.54) is 22.9 Å². The van der Waals surface area contributed by atoms with Gasteiger partial charge in [-0.2, -0.15) is 13.2 Å². The number of rotatable bonds is 4. The maximum Gasteiger partial charge on any atom is 0.417 e. The number of halogens is 3. The number of alkyl halides is 3. The quantitative estimate of drug-likeness (QED) is 0.747. The third-order valence-electron chi connectivity index (χ3n) is 4.46. The summed E-state index contributed by atoms with van der Waals surface area (Å²) in [6, 6.07) is 2.36. The SMILES string of the molecule is FC(F)(F)c1ccc2ncc(-c3cncc(NCC4CCNC4)n3)n2c1. The zero-order valence-electron chi connectivity index (χ0n) is 13.8. The van der Waals surface area contributed by atoms with Crippen molar-refractivity contribution in [3.8, 4) is 11.4 Å². The third kappa shape index (κ3) is 3.34. The van der Waals surface area contributed by atoms with Crippen molar-refractivity contribution in [2.45, 2.75) is 12.6 Å². The van der Waals surface area contributed by atoms with E-state index in [9.17, 15) is 13.2 Å². The average molecular weight is 362 g/mol. The minimum Gasteiger partial charge on any atom is -0.368 e. The molecule has 0 aromatic carbocycles. The van der Waals surface area contributed by atoms with Gasteiger partial charge in [0, 0.05) is 12.7 Å². The minimum absolute atomic E-state index is 0.421. The van der Waals surface area contributed by atoms with Crippen LogP contribution in [0.2, 0.25) is 0 Å². The molecule has 0 saturated carbocycles. The number of hydrogen-bond acceptors (Lipinski definition) is 5. The van der Waals surface area contributed by atoms with Gasteiger partial charge in [-0.15, -0.1) is 0 Å². The summed E-state index contributed by atoms with van der Waals surface area (Å²) in [5.74, 6) is 1.13. The lowest BCUT2D eigenvalue weighted by atomic mass is 10.1. The Hall–Kier alpha value is -2.68. The Morgan fingerprint density at radius 1 is 1.23 bits per heavy atom. The van der Waals surface area contributed by atoms with Crippen molar-refractivity contribution in [3.05, 3.63) is 42.5 Å². The van der Waals surface area contributed by atoms with E-state index < -0.39 is 11.7 Å². The highest BCUT2D eigenvalue weighted by molar-refractivity contribution is 5.61. The second-order valence-electron chi connectivity index (χ2n) is 6.32. The van der Waals surface area contributed by atoms with Crippen LogP contribution in [0.15, 0.2) is 36.9 Å². The smallest absolute Gasteiger partial charge is 0.368 e. The van der Waals surface area contributed by atoms with E-state index in [0.717, 1.165) is 38.3 Å². The number of imidazole rings is 1. The molecule has 26 heavy (non-hydrogen) atoms. The fraction of sp³-hybridized carbons (Fsp3) is 0.353. The molecule has 1 atom stereocenters. The molecule has 9 heteroatoms. The van der Waals surface area contributed by atoms with Crippen LogP contribution >= 0.6 is 0 Å². The summed E-state index contributed by atoms with van der Waals surface area (Å²) in [7, 11) is 0. The maximum atomic E-state index is 13.0. The highest BCUT2D eigenvalue weighted by Crippen LogP contribution is 2.30. The summed E-state index contributed by atoms with van der Waals surface area (Å²) in [6.07, 6.45) is 2.35. The number of hydrogen-bond donors (Lipinski definition) is 2. The zero-order chi connectivity index (χ0) is 18.1. The van der Waals surface area contributed by atoms with Crippen molar-refractivity contribution in [3.63, 3.8) is 0 Å². The molecule has 136 valence electrons. The number of anilines is 1. The highest BCUT2D eigenvalue weighted by Gasteiger charge is 2.31. The average Bonchev–Trinajstić information content (AvgIpc) is 3.28. The van der Waals surface area contributed by atoms with Gasteiger partial charge in [0.25, 0.3) is 0 Å². The molecule has 0 aliphatic carbocycles. The van der Waals surface area contributed by atoms with Crippen molar-refractivity contribution < 1.29 is 13.2 Å². The highest BCUT2D eigenvalue weighted by atomic mass is 19.4. The molecule has 1 aliphatic heterocycles. The monoisotopic (exact) mass is 362 g/mol. The molecule has 1 unspecified atom stereocenters. The Morgan fingerprint density at radius 2 is 2.12 bits per heavy atom. The first kappa shape index (κ1) is 16.8. The van der Waals surface area contributed by atoms with Gasteiger partial charge in [0.15, 0.2) is 0 Å². The van der Waals surface area contributed by atoms with Gasteiger partial charge < -0.3 is 10.6 Å². The molecule has 1 saturated heterocycles. The lowest BCUT2D eigenvalue weighted by molar-refractivity contribution is -0.137. The van der Waals surface area contributed by atoms with Crippen LogP contribution in [0.4, 0.5) is 19.0 Å². The van der Waals surface area contributed by atoms with Crippen LogP contribution in [-0.2, 0) is 6.18 Å². The Balaban J connectivity index is 1.63. The van der Waals surface area contributed by atoms with Crippen LogP contribution in [-0.4, -0.2) is 39.0 Å². The van der Waals surface area contributed by atoms with Crippen molar-refractivity contribution in [2.24, 2.45) is 5.92 Å². The van der Waals surface area contributed by atoms with E-state index in [4.69, 9.17) is 0 Å². The largest absolute Gasteiger partial charge is 0.417 e. The Morgan fingerprint density at radius 3 is 2.88 bits per heavy atom. The molecule has 2 N–H and O–H groups in total. The molecule has 0 amide bonds. The van der Waals surface area contributed by atoms with Gasteiger partial charge in [-0.3, -0.25) is 9.38 Å². The maximum absolute atomic E-state index is 13.0. The first-order valence-electron chi connectivity index (χ1n) is 8.32. The van der Waals surface area contributed by atoms with E-state index in [1.807, 2.05) is 0 Å². The first-order chi connectivity index (χ1) is 12.5. The Bertz CT molecular complexity index is 914. The first-order valence-corrected chi connectivity index (χ1v) is 8.32. The predicted molar refractivity (Wildman–Crippen MR) is 90.7 cm³/mol. The van der Waals surface area contributed by atoms with Gasteiger partial charge in [-0.05, 0) is 37.6 Å². The summed E-state index contributed by atoms with van der Waals surface area (Å²) in [5.41, 5.74) is 0.613. The number of nitrogens with one attached hydrogen (secondary N) is 2. The van der Waals surface area contributed by atoms with Crippen LogP contribution in [0.3, 0.4) is 0 Å². The fourth-order valence-corrected chi connectivity index (χ4v) is 3.05. The second kappa shape index (κ2) is 6.56. The van der Waals surface area contributed by atoms with Gasteiger partial charge in [0.1, 0.15) is 17.2 Å². The van der Waals surface area contributed by atoms with Gasteiger partial charge in [-0.25, -0.2) is 9.97 Å². The summed E-state index contributed by atoms with van der Waals surface area (Å²) in [4.78, 5) is 12.8. The fourth-order valence-electron chi connectivity index (χ4n) is 3.05. The number of fused-ring (bicyclic) bond motifs is 1. The van der Waals surface area contributed by atoms with E-state index in [1.54, 1.807) is 6.20 Å². The predicted octanol–water partition coefficient (Wildman–Crippen LogP) is 2.83. The zero-order valence-corrected chi connectivity index (χ0v) is 13.8. The molecular weight excluding hydrogens is 345 g/mol. The minimum atomic E-state index is -4.42. The summed E-state index contributed by atoms with van der Waals surface area (Å²) in [6.45, 7) is 2.76. The van der Waals surface area contributed by atoms with Gasteiger partial charge in [0.05, 0.1) is 29.8 Å². The van der Waals surface area contributed by atoms with E-state index in [0.29, 0.717) is 28.8 Å². The molecular formula is C17H17F3N6. The Kier molecular flexibility index (Phi) is 4.23. The van der Waals surface area contributed by atoms with Gasteiger partial charge >= 0.3 is 6.18 Å². The van der Waals surface area contributed by atoms with E-state index in [2.05, 4.69) is 25.6 Å². The Labute approximate surface area is 147 Å². The molecule has 0 radical (unpaired) electrons. The molecule has 4 heterocycles. The third-order valence-corrected chi connectivity index (χ3v) is 4.46. The number of nitrogens with zero attached hydrogens (tertiary/aromatic N) is 4. The molecule has 0 bridgehead atoms. The van der Waals surface area contributed by atoms with Crippen LogP contribution in [0.5, 0.6) is 0 Å². The second-order valence-corrected chi connectivity index (χ2v) is 6.32. The van der Waals surface area contributed by atoms with Crippen molar-refractivity contribution >= 4 is 11.5 Å². The molecule has 1 fully saturated rings. The van der Waals surface area contributed by atoms with Crippen LogP contribution in [0.25, 0.3) is 17.0 Å². The van der Waals surface area contributed by atoms with Crippen LogP contribution < -0.4 is 10.6 Å². The lowest BCUT2D eigenvalue weighted by Gasteiger charge is -2.11. The molecule has 6 nitrogen and oxygen atoms in total. The van der Waals surface area contributed by atoms with E-state index >= 15 is 0 Å². The molecule has 0 spiro atoms. The van der Waals surface area contributed by atoms with Crippen molar-refractivity contribution in [1.82, 2.24) is 24.7 Å².